The van der Waals surface area contributed by atoms with Crippen molar-refractivity contribution in [2.45, 2.75) is 20.0 Å². The molecule has 5 nitrogen and oxygen atoms in total. The highest BCUT2D eigenvalue weighted by atomic mass is 35.5. The van der Waals surface area contributed by atoms with Gasteiger partial charge in [-0.3, -0.25) is 10.1 Å². The van der Waals surface area contributed by atoms with Gasteiger partial charge in [-0.25, -0.2) is 4.98 Å². The van der Waals surface area contributed by atoms with E-state index in [2.05, 4.69) is 15.6 Å². The molecule has 7 heteroatoms. The quantitative estimate of drug-likeness (QED) is 0.825. The number of thiocarbonyl (C=S) groups is 1. The molecule has 0 aliphatic heterocycles. The number of ether oxygens (including phenoxy) is 1. The molecule has 1 aromatic carbocycles. The third-order valence-corrected chi connectivity index (χ3v) is 3.11. The van der Waals surface area contributed by atoms with Gasteiger partial charge in [0.2, 0.25) is 0 Å². The molecule has 2 aromatic rings. The molecule has 2 N–H and O–H groups in total. The van der Waals surface area contributed by atoms with Crippen LogP contribution in [0.3, 0.4) is 0 Å². The van der Waals surface area contributed by atoms with Gasteiger partial charge in [0.05, 0.1) is 11.1 Å². The van der Waals surface area contributed by atoms with E-state index in [1.54, 1.807) is 36.4 Å². The number of halogens is 1. The Morgan fingerprint density at radius 1 is 1.22 bits per heavy atom. The Kier molecular flexibility index (Phi) is 5.90. The number of carbonyl (C=O) groups excluding carboxylic acids is 1. The smallest absolute Gasteiger partial charge is 0.257 e. The molecule has 1 aromatic heterocycles. The zero-order chi connectivity index (χ0) is 16.8. The lowest BCUT2D eigenvalue weighted by Crippen LogP contribution is -2.34. The molecule has 0 bridgehead atoms. The lowest BCUT2D eigenvalue weighted by molar-refractivity contribution is 0.0977. The minimum absolute atomic E-state index is 0.0818. The lowest BCUT2D eigenvalue weighted by Gasteiger charge is -2.11. The molecular formula is C16H16ClN3O2S. The lowest BCUT2D eigenvalue weighted by atomic mass is 10.2. The van der Waals surface area contributed by atoms with Crippen molar-refractivity contribution < 1.29 is 9.53 Å². The van der Waals surface area contributed by atoms with Crippen LogP contribution in [0.4, 0.5) is 5.82 Å². The SMILES string of the molecule is CC(C)Oc1ccc(C(=O)NC(=S)Nc2ccc(Cl)cn2)cc1. The van der Waals surface area contributed by atoms with Crippen LogP contribution < -0.4 is 15.4 Å². The van der Waals surface area contributed by atoms with Crippen LogP contribution in [0.2, 0.25) is 5.02 Å². The van der Waals surface area contributed by atoms with Gasteiger partial charge in [-0.2, -0.15) is 0 Å². The first-order valence-electron chi connectivity index (χ1n) is 6.94. The average molecular weight is 350 g/mol. The van der Waals surface area contributed by atoms with E-state index in [-0.39, 0.29) is 17.1 Å². The number of rotatable bonds is 4. The van der Waals surface area contributed by atoms with Crippen LogP contribution in [0.25, 0.3) is 0 Å². The highest BCUT2D eigenvalue weighted by molar-refractivity contribution is 7.80. The molecule has 23 heavy (non-hydrogen) atoms. The molecule has 0 spiro atoms. The summed E-state index contributed by atoms with van der Waals surface area (Å²) in [6, 6.07) is 10.2. The van der Waals surface area contributed by atoms with Crippen molar-refractivity contribution >= 4 is 40.7 Å². The van der Waals surface area contributed by atoms with E-state index >= 15 is 0 Å². The van der Waals surface area contributed by atoms with E-state index in [1.807, 2.05) is 13.8 Å². The molecule has 0 aliphatic carbocycles. The highest BCUT2D eigenvalue weighted by Gasteiger charge is 2.09. The average Bonchev–Trinajstić information content (AvgIpc) is 2.49. The fourth-order valence-corrected chi connectivity index (χ4v) is 2.04. The Hall–Kier alpha value is -2.18. The zero-order valence-corrected chi connectivity index (χ0v) is 14.2. The fourth-order valence-electron chi connectivity index (χ4n) is 1.73. The van der Waals surface area contributed by atoms with Crippen LogP contribution in [0.5, 0.6) is 5.75 Å². The van der Waals surface area contributed by atoms with Gasteiger partial charge in [0.25, 0.3) is 5.91 Å². The zero-order valence-electron chi connectivity index (χ0n) is 12.7. The number of hydrogen-bond donors (Lipinski definition) is 2. The second-order valence-corrected chi connectivity index (χ2v) is 5.81. The van der Waals surface area contributed by atoms with E-state index in [4.69, 9.17) is 28.6 Å². The number of aromatic nitrogens is 1. The van der Waals surface area contributed by atoms with E-state index in [0.29, 0.717) is 22.2 Å². The summed E-state index contributed by atoms with van der Waals surface area (Å²) in [4.78, 5) is 16.2. The molecule has 0 saturated heterocycles. The van der Waals surface area contributed by atoms with Crippen LogP contribution in [0.1, 0.15) is 24.2 Å². The largest absolute Gasteiger partial charge is 0.491 e. The minimum atomic E-state index is -0.312. The Labute approximate surface area is 145 Å². The van der Waals surface area contributed by atoms with E-state index in [1.165, 1.54) is 6.20 Å². The standard InChI is InChI=1S/C16H16ClN3O2S/c1-10(2)22-13-6-3-11(4-7-13)15(21)20-16(23)19-14-8-5-12(17)9-18-14/h3-10H,1-2H3,(H2,18,19,20,21,23). The van der Waals surface area contributed by atoms with Gasteiger partial charge in [-0.15, -0.1) is 0 Å². The number of pyridine rings is 1. The predicted octanol–water partition coefficient (Wildman–Crippen LogP) is 3.65. The number of anilines is 1. The molecule has 0 radical (unpaired) electrons. The van der Waals surface area contributed by atoms with Gasteiger partial charge in [-0.1, -0.05) is 11.6 Å². The first-order valence-corrected chi connectivity index (χ1v) is 7.73. The molecule has 2 rings (SSSR count). The number of nitrogens with zero attached hydrogens (tertiary/aromatic N) is 1. The third kappa shape index (κ3) is 5.50. The number of carbonyl (C=O) groups is 1. The van der Waals surface area contributed by atoms with Gasteiger partial charge in [0.15, 0.2) is 5.11 Å². The second kappa shape index (κ2) is 7.89. The molecule has 0 unspecified atom stereocenters. The van der Waals surface area contributed by atoms with Crippen molar-refractivity contribution in [3.05, 3.63) is 53.2 Å². The molecule has 0 fully saturated rings. The summed E-state index contributed by atoms with van der Waals surface area (Å²) in [5, 5.41) is 6.08. The maximum Gasteiger partial charge on any atom is 0.257 e. The highest BCUT2D eigenvalue weighted by Crippen LogP contribution is 2.14. The summed E-state index contributed by atoms with van der Waals surface area (Å²) in [7, 11) is 0. The second-order valence-electron chi connectivity index (χ2n) is 4.96. The molecule has 0 aliphatic rings. The summed E-state index contributed by atoms with van der Waals surface area (Å²) in [6.45, 7) is 3.88. The maximum atomic E-state index is 12.1. The van der Waals surface area contributed by atoms with E-state index < -0.39 is 0 Å². The van der Waals surface area contributed by atoms with E-state index in [0.717, 1.165) is 0 Å². The Morgan fingerprint density at radius 3 is 2.48 bits per heavy atom. The number of hydrogen-bond acceptors (Lipinski definition) is 4. The molecule has 1 amide bonds. The predicted molar refractivity (Wildman–Crippen MR) is 95.1 cm³/mol. The molecular weight excluding hydrogens is 334 g/mol. The van der Waals surface area contributed by atoms with Crippen LogP contribution in [-0.4, -0.2) is 22.1 Å². The van der Waals surface area contributed by atoms with Crippen molar-refractivity contribution in [1.82, 2.24) is 10.3 Å². The van der Waals surface area contributed by atoms with Crippen LogP contribution in [0.15, 0.2) is 42.6 Å². The van der Waals surface area contributed by atoms with Crippen LogP contribution in [0, 0.1) is 0 Å². The molecule has 0 atom stereocenters. The van der Waals surface area contributed by atoms with Gasteiger partial charge in [0, 0.05) is 11.8 Å². The Morgan fingerprint density at radius 2 is 1.91 bits per heavy atom. The summed E-state index contributed by atoms with van der Waals surface area (Å²) in [5.41, 5.74) is 0.481. The number of nitrogens with one attached hydrogen (secondary N) is 2. The summed E-state index contributed by atoms with van der Waals surface area (Å²) in [6.07, 6.45) is 1.57. The van der Waals surface area contributed by atoms with Gasteiger partial charge in [0.1, 0.15) is 11.6 Å². The van der Waals surface area contributed by atoms with Crippen LogP contribution in [-0.2, 0) is 0 Å². The maximum absolute atomic E-state index is 12.1. The minimum Gasteiger partial charge on any atom is -0.491 e. The van der Waals surface area contributed by atoms with Crippen molar-refractivity contribution in [2.75, 3.05) is 5.32 Å². The van der Waals surface area contributed by atoms with Crippen molar-refractivity contribution in [2.24, 2.45) is 0 Å². The third-order valence-electron chi connectivity index (χ3n) is 2.68. The number of amides is 1. The van der Waals surface area contributed by atoms with Gasteiger partial charge >= 0.3 is 0 Å². The van der Waals surface area contributed by atoms with Crippen molar-refractivity contribution in [3.8, 4) is 5.75 Å². The summed E-state index contributed by atoms with van der Waals surface area (Å²) in [5.74, 6) is 0.899. The van der Waals surface area contributed by atoms with Crippen molar-refractivity contribution in [1.29, 1.82) is 0 Å². The first-order chi connectivity index (χ1) is 10.9. The van der Waals surface area contributed by atoms with Crippen LogP contribution >= 0.6 is 23.8 Å². The van der Waals surface area contributed by atoms with Gasteiger partial charge in [-0.05, 0) is 62.5 Å². The topological polar surface area (TPSA) is 63.2 Å². The Bertz CT molecular complexity index is 687. The number of benzene rings is 1. The summed E-state index contributed by atoms with van der Waals surface area (Å²) >= 11 is 10.8. The Balaban J connectivity index is 1.92. The van der Waals surface area contributed by atoms with Gasteiger partial charge < -0.3 is 10.1 Å². The monoisotopic (exact) mass is 349 g/mol. The normalized spacial score (nSPS) is 10.3. The fraction of sp³-hybridized carbons (Fsp3) is 0.188. The van der Waals surface area contributed by atoms with E-state index in [9.17, 15) is 4.79 Å². The molecule has 1 heterocycles. The molecule has 0 saturated carbocycles. The van der Waals surface area contributed by atoms with Crippen molar-refractivity contribution in [3.63, 3.8) is 0 Å². The first kappa shape index (κ1) is 17.2. The summed E-state index contributed by atoms with van der Waals surface area (Å²) < 4.78 is 5.53. The molecule has 120 valence electrons.